The van der Waals surface area contributed by atoms with Crippen molar-refractivity contribution in [3.63, 3.8) is 0 Å². The van der Waals surface area contributed by atoms with Crippen molar-refractivity contribution in [2.45, 2.75) is 30.2 Å². The molecule has 10 heteroatoms. The van der Waals surface area contributed by atoms with Crippen LogP contribution in [-0.2, 0) is 14.8 Å². The van der Waals surface area contributed by atoms with Gasteiger partial charge < -0.3 is 10.8 Å². The van der Waals surface area contributed by atoms with Gasteiger partial charge in [-0.2, -0.15) is 0 Å². The average molecular weight is 331 g/mol. The number of nitrogens with one attached hydrogen (secondary N) is 1. The Hall–Kier alpha value is -2.04. The van der Waals surface area contributed by atoms with E-state index >= 15 is 0 Å². The molecular formula is C12H17N3O6S. The molecule has 0 aromatic heterocycles. The van der Waals surface area contributed by atoms with Crippen LogP contribution < -0.4 is 10.5 Å². The SMILES string of the molecule is N[C@H](CCCCNS(=O)(=O)c1ccc([N+](=O)[O-])cc1)C(=O)O. The molecule has 0 bridgehead atoms. The second-order valence-corrected chi connectivity index (χ2v) is 6.36. The quantitative estimate of drug-likeness (QED) is 0.337. The van der Waals surface area contributed by atoms with Gasteiger partial charge in [0.1, 0.15) is 6.04 Å². The van der Waals surface area contributed by atoms with E-state index in [1.807, 2.05) is 0 Å². The van der Waals surface area contributed by atoms with Crippen LogP contribution in [0.5, 0.6) is 0 Å². The topological polar surface area (TPSA) is 153 Å². The summed E-state index contributed by atoms with van der Waals surface area (Å²) in [5.74, 6) is -1.09. The highest BCUT2D eigenvalue weighted by molar-refractivity contribution is 7.89. The number of aliphatic carboxylic acids is 1. The Balaban J connectivity index is 2.47. The van der Waals surface area contributed by atoms with Crippen LogP contribution in [0, 0.1) is 10.1 Å². The fraction of sp³-hybridized carbons (Fsp3) is 0.417. The van der Waals surface area contributed by atoms with Crippen LogP contribution in [0.25, 0.3) is 0 Å². The highest BCUT2D eigenvalue weighted by Gasteiger charge is 2.15. The number of hydrogen-bond donors (Lipinski definition) is 3. The molecule has 0 amide bonds. The number of sulfonamides is 1. The average Bonchev–Trinajstić information content (AvgIpc) is 2.46. The van der Waals surface area contributed by atoms with Crippen LogP contribution in [0.1, 0.15) is 19.3 Å². The third-order valence-corrected chi connectivity index (χ3v) is 4.39. The molecule has 0 saturated heterocycles. The summed E-state index contributed by atoms with van der Waals surface area (Å²) in [6.45, 7) is 0.131. The molecule has 0 aliphatic heterocycles. The van der Waals surface area contributed by atoms with Gasteiger partial charge in [0.25, 0.3) is 5.69 Å². The Bertz CT molecular complexity index is 629. The van der Waals surface area contributed by atoms with Gasteiger partial charge in [0, 0.05) is 18.7 Å². The molecule has 1 atom stereocenters. The number of nitrogens with zero attached hydrogens (tertiary/aromatic N) is 1. The zero-order valence-electron chi connectivity index (χ0n) is 11.6. The first-order valence-corrected chi connectivity index (χ1v) is 7.95. The third kappa shape index (κ3) is 5.39. The molecule has 0 saturated carbocycles. The molecule has 0 radical (unpaired) electrons. The summed E-state index contributed by atoms with van der Waals surface area (Å²) in [4.78, 5) is 20.3. The number of rotatable bonds is 9. The van der Waals surface area contributed by atoms with Gasteiger partial charge in [0.15, 0.2) is 0 Å². The van der Waals surface area contributed by atoms with Crippen molar-refractivity contribution < 1.29 is 23.2 Å². The number of nitrogens with two attached hydrogens (primary N) is 1. The minimum absolute atomic E-state index is 0.0691. The number of carboxylic acids is 1. The lowest BCUT2D eigenvalue weighted by atomic mass is 10.1. The number of carbonyl (C=O) groups is 1. The van der Waals surface area contributed by atoms with Gasteiger partial charge in [0.2, 0.25) is 10.0 Å². The highest BCUT2D eigenvalue weighted by atomic mass is 32.2. The van der Waals surface area contributed by atoms with E-state index in [1.165, 1.54) is 0 Å². The van der Waals surface area contributed by atoms with Crippen molar-refractivity contribution in [3.05, 3.63) is 34.4 Å². The second kappa shape index (κ2) is 7.82. The van der Waals surface area contributed by atoms with Crippen LogP contribution in [0.2, 0.25) is 0 Å². The number of nitro benzene ring substituents is 1. The van der Waals surface area contributed by atoms with Gasteiger partial charge in [-0.3, -0.25) is 14.9 Å². The smallest absolute Gasteiger partial charge is 0.320 e. The van der Waals surface area contributed by atoms with E-state index in [1.54, 1.807) is 0 Å². The van der Waals surface area contributed by atoms with Gasteiger partial charge in [-0.05, 0) is 25.0 Å². The molecule has 0 heterocycles. The summed E-state index contributed by atoms with van der Waals surface area (Å²) in [7, 11) is -3.74. The first-order valence-electron chi connectivity index (χ1n) is 6.46. The molecule has 0 fully saturated rings. The molecule has 4 N–H and O–H groups in total. The van der Waals surface area contributed by atoms with Gasteiger partial charge >= 0.3 is 5.97 Å². The van der Waals surface area contributed by atoms with Crippen molar-refractivity contribution in [1.82, 2.24) is 4.72 Å². The molecule has 0 unspecified atom stereocenters. The molecule has 0 aliphatic carbocycles. The van der Waals surface area contributed by atoms with E-state index < -0.39 is 27.0 Å². The standard InChI is InChI=1S/C12H17N3O6S/c13-11(12(16)17)3-1-2-8-14-22(20,21)10-6-4-9(5-7-10)15(18)19/h4-7,11,14H,1-3,8,13H2,(H,16,17)/t11-/m1/s1. The van der Waals surface area contributed by atoms with Crippen molar-refractivity contribution in [2.75, 3.05) is 6.54 Å². The maximum Gasteiger partial charge on any atom is 0.320 e. The molecule has 122 valence electrons. The molecule has 0 aliphatic rings. The summed E-state index contributed by atoms with van der Waals surface area (Å²) >= 11 is 0. The Morgan fingerprint density at radius 1 is 1.32 bits per heavy atom. The number of nitro groups is 1. The largest absolute Gasteiger partial charge is 0.480 e. The molecule has 0 spiro atoms. The Morgan fingerprint density at radius 3 is 2.41 bits per heavy atom. The van der Waals surface area contributed by atoms with Crippen LogP contribution in [-0.4, -0.2) is 37.0 Å². The van der Waals surface area contributed by atoms with E-state index in [9.17, 15) is 23.3 Å². The third-order valence-electron chi connectivity index (χ3n) is 2.91. The molecular weight excluding hydrogens is 314 g/mol. The number of unbranched alkanes of at least 4 members (excludes halogenated alkanes) is 1. The Kier molecular flexibility index (Phi) is 6.40. The zero-order valence-corrected chi connectivity index (χ0v) is 12.5. The monoisotopic (exact) mass is 331 g/mol. The molecule has 1 rings (SSSR count). The summed E-state index contributed by atoms with van der Waals surface area (Å²) in [5.41, 5.74) is 5.13. The zero-order chi connectivity index (χ0) is 16.8. The first-order chi connectivity index (χ1) is 10.2. The van der Waals surface area contributed by atoms with Gasteiger partial charge in [0.05, 0.1) is 9.82 Å². The fourth-order valence-corrected chi connectivity index (χ4v) is 2.72. The number of non-ortho nitro benzene ring substituents is 1. The predicted molar refractivity (Wildman–Crippen MR) is 77.7 cm³/mol. The Labute approximate surface area is 127 Å². The van der Waals surface area contributed by atoms with E-state index in [2.05, 4.69) is 4.72 Å². The van der Waals surface area contributed by atoms with Crippen LogP contribution >= 0.6 is 0 Å². The predicted octanol–water partition coefficient (Wildman–Crippen LogP) is 0.455. The summed E-state index contributed by atoms with van der Waals surface area (Å²) in [6, 6.07) is 3.58. The summed E-state index contributed by atoms with van der Waals surface area (Å²) in [6.07, 6.45) is 1.16. The first kappa shape index (κ1) is 18.0. The Morgan fingerprint density at radius 2 is 1.91 bits per heavy atom. The number of benzene rings is 1. The van der Waals surface area contributed by atoms with Crippen LogP contribution in [0.3, 0.4) is 0 Å². The van der Waals surface area contributed by atoms with E-state index in [-0.39, 0.29) is 23.5 Å². The second-order valence-electron chi connectivity index (χ2n) is 4.59. The van der Waals surface area contributed by atoms with Crippen LogP contribution in [0.15, 0.2) is 29.2 Å². The lowest BCUT2D eigenvalue weighted by Gasteiger charge is -2.08. The van der Waals surface area contributed by atoms with E-state index in [0.29, 0.717) is 12.8 Å². The maximum absolute atomic E-state index is 11.9. The van der Waals surface area contributed by atoms with Gasteiger partial charge in [-0.1, -0.05) is 6.42 Å². The maximum atomic E-state index is 11.9. The van der Waals surface area contributed by atoms with E-state index in [0.717, 1.165) is 24.3 Å². The van der Waals surface area contributed by atoms with Crippen molar-refractivity contribution in [2.24, 2.45) is 5.73 Å². The molecule has 22 heavy (non-hydrogen) atoms. The number of hydrogen-bond acceptors (Lipinski definition) is 6. The molecule has 1 aromatic rings. The van der Waals surface area contributed by atoms with Gasteiger partial charge in [-0.25, -0.2) is 13.1 Å². The molecule has 1 aromatic carbocycles. The summed E-state index contributed by atoms with van der Waals surface area (Å²) in [5, 5.41) is 19.1. The van der Waals surface area contributed by atoms with E-state index in [4.69, 9.17) is 10.8 Å². The number of carboxylic acid groups (broad SMARTS) is 1. The normalized spacial score (nSPS) is 12.8. The van der Waals surface area contributed by atoms with Gasteiger partial charge in [-0.15, -0.1) is 0 Å². The minimum Gasteiger partial charge on any atom is -0.480 e. The summed E-state index contributed by atoms with van der Waals surface area (Å²) < 4.78 is 26.2. The lowest BCUT2D eigenvalue weighted by molar-refractivity contribution is -0.384. The highest BCUT2D eigenvalue weighted by Crippen LogP contribution is 2.15. The van der Waals surface area contributed by atoms with Crippen molar-refractivity contribution in [1.29, 1.82) is 0 Å². The van der Waals surface area contributed by atoms with Crippen LogP contribution in [0.4, 0.5) is 5.69 Å². The fourth-order valence-electron chi connectivity index (χ4n) is 1.65. The minimum atomic E-state index is -3.74. The van der Waals surface area contributed by atoms with Crippen molar-refractivity contribution in [3.8, 4) is 0 Å². The molecule has 9 nitrogen and oxygen atoms in total. The lowest BCUT2D eigenvalue weighted by Crippen LogP contribution is -2.30. The van der Waals surface area contributed by atoms with Crippen molar-refractivity contribution >= 4 is 21.7 Å².